The van der Waals surface area contributed by atoms with Crippen molar-refractivity contribution < 1.29 is 0 Å². The van der Waals surface area contributed by atoms with E-state index in [4.69, 9.17) is 0 Å². The number of nitrogens with one attached hydrogen (secondary N) is 1. The Morgan fingerprint density at radius 3 is 2.61 bits per heavy atom. The predicted octanol–water partition coefficient (Wildman–Crippen LogP) is 3.27. The van der Waals surface area contributed by atoms with Gasteiger partial charge in [0.1, 0.15) is 0 Å². The molecule has 0 aliphatic heterocycles. The van der Waals surface area contributed by atoms with Crippen molar-refractivity contribution in [2.24, 2.45) is 24.8 Å². The zero-order valence-corrected chi connectivity index (χ0v) is 12.8. The maximum Gasteiger partial charge on any atom is 0.0695 e. The van der Waals surface area contributed by atoms with E-state index in [0.717, 1.165) is 28.8 Å². The summed E-state index contributed by atoms with van der Waals surface area (Å²) < 4.78 is 3.18. The van der Waals surface area contributed by atoms with Crippen molar-refractivity contribution >= 4 is 15.9 Å². The molecular weight excluding hydrogens is 290 g/mol. The van der Waals surface area contributed by atoms with Gasteiger partial charge in [-0.05, 0) is 53.1 Å². The minimum atomic E-state index is 0.477. The molecule has 0 spiro atoms. The molecule has 2 aliphatic rings. The van der Waals surface area contributed by atoms with Crippen molar-refractivity contribution in [2.45, 2.75) is 38.6 Å². The molecule has 100 valence electrons. The van der Waals surface area contributed by atoms with Gasteiger partial charge in [-0.2, -0.15) is 5.10 Å². The van der Waals surface area contributed by atoms with Gasteiger partial charge in [-0.1, -0.05) is 19.8 Å². The zero-order valence-electron chi connectivity index (χ0n) is 11.2. The lowest BCUT2D eigenvalue weighted by atomic mass is 10.0. The molecule has 0 bridgehead atoms. The highest BCUT2D eigenvalue weighted by Gasteiger charge is 2.55. The number of hydrogen-bond acceptors (Lipinski definition) is 2. The van der Waals surface area contributed by atoms with E-state index >= 15 is 0 Å². The molecule has 3 unspecified atom stereocenters. The molecule has 0 amide bonds. The number of hydrogen-bond donors (Lipinski definition) is 1. The van der Waals surface area contributed by atoms with Crippen molar-refractivity contribution in [2.75, 3.05) is 6.54 Å². The first-order valence-electron chi connectivity index (χ1n) is 7.14. The highest BCUT2D eigenvalue weighted by molar-refractivity contribution is 9.10. The number of fused-ring (bicyclic) bond motifs is 1. The van der Waals surface area contributed by atoms with Gasteiger partial charge in [0.05, 0.1) is 22.4 Å². The Labute approximate surface area is 117 Å². The van der Waals surface area contributed by atoms with E-state index in [1.165, 1.54) is 31.4 Å². The third-order valence-corrected chi connectivity index (χ3v) is 5.37. The van der Waals surface area contributed by atoms with Crippen LogP contribution in [0.2, 0.25) is 0 Å². The molecule has 2 fully saturated rings. The van der Waals surface area contributed by atoms with Crippen molar-refractivity contribution in [3.8, 4) is 0 Å². The molecule has 0 saturated heterocycles. The van der Waals surface area contributed by atoms with E-state index in [1.54, 1.807) is 0 Å². The van der Waals surface area contributed by atoms with E-state index in [9.17, 15) is 0 Å². The van der Waals surface area contributed by atoms with Crippen LogP contribution >= 0.6 is 15.9 Å². The number of aromatic nitrogens is 2. The first-order chi connectivity index (χ1) is 8.74. The van der Waals surface area contributed by atoms with Crippen LogP contribution in [0, 0.1) is 17.8 Å². The standard InChI is InChI=1S/C14H22BrN3/c1-3-16-13(14-11(15)8-17-18(14)2)12-9-6-4-5-7-10(9)12/h8-10,12-13,16H,3-7H2,1-2H3. The van der Waals surface area contributed by atoms with Crippen LogP contribution < -0.4 is 5.32 Å². The number of nitrogens with zero attached hydrogens (tertiary/aromatic N) is 2. The Morgan fingerprint density at radius 2 is 2.11 bits per heavy atom. The fourth-order valence-corrected chi connectivity index (χ4v) is 4.54. The summed E-state index contributed by atoms with van der Waals surface area (Å²) in [5, 5.41) is 8.07. The minimum absolute atomic E-state index is 0.477. The SMILES string of the molecule is CCNC(c1c(Br)cnn1C)C1C2CCCCC21. The van der Waals surface area contributed by atoms with E-state index in [1.807, 2.05) is 10.9 Å². The summed E-state index contributed by atoms with van der Waals surface area (Å²) in [5.41, 5.74) is 1.33. The summed E-state index contributed by atoms with van der Waals surface area (Å²) in [7, 11) is 2.05. The monoisotopic (exact) mass is 311 g/mol. The van der Waals surface area contributed by atoms with Gasteiger partial charge in [-0.25, -0.2) is 0 Å². The van der Waals surface area contributed by atoms with Gasteiger partial charge in [-0.3, -0.25) is 4.68 Å². The summed E-state index contributed by atoms with van der Waals surface area (Å²) in [5.74, 6) is 2.76. The molecule has 4 heteroatoms. The predicted molar refractivity (Wildman–Crippen MR) is 76.3 cm³/mol. The van der Waals surface area contributed by atoms with E-state index in [-0.39, 0.29) is 0 Å². The number of rotatable bonds is 4. The Balaban J connectivity index is 1.85. The second-order valence-corrected chi connectivity index (χ2v) is 6.58. The third kappa shape index (κ3) is 2.03. The van der Waals surface area contributed by atoms with Gasteiger partial charge in [0.2, 0.25) is 0 Å². The molecule has 1 aromatic heterocycles. The first kappa shape index (κ1) is 12.7. The topological polar surface area (TPSA) is 29.9 Å². The molecule has 3 nitrogen and oxygen atoms in total. The lowest BCUT2D eigenvalue weighted by Gasteiger charge is -2.19. The van der Waals surface area contributed by atoms with Gasteiger partial charge in [0, 0.05) is 7.05 Å². The fraction of sp³-hybridized carbons (Fsp3) is 0.786. The number of aryl methyl sites for hydroxylation is 1. The molecular formula is C14H22BrN3. The summed E-state index contributed by atoms with van der Waals surface area (Å²) in [4.78, 5) is 0. The van der Waals surface area contributed by atoms with Crippen molar-refractivity contribution in [3.05, 3.63) is 16.4 Å². The molecule has 2 saturated carbocycles. The van der Waals surface area contributed by atoms with Crippen molar-refractivity contribution in [1.82, 2.24) is 15.1 Å². The van der Waals surface area contributed by atoms with Crippen LogP contribution in [0.5, 0.6) is 0 Å². The molecule has 1 aromatic rings. The van der Waals surface area contributed by atoms with Crippen LogP contribution in [0.3, 0.4) is 0 Å². The van der Waals surface area contributed by atoms with Crippen LogP contribution in [-0.2, 0) is 7.05 Å². The Kier molecular flexibility index (Phi) is 3.50. The van der Waals surface area contributed by atoms with Crippen LogP contribution in [0.25, 0.3) is 0 Å². The average Bonchev–Trinajstić information content (AvgIpc) is 3.00. The maximum absolute atomic E-state index is 4.38. The van der Waals surface area contributed by atoms with Crippen LogP contribution in [0.15, 0.2) is 10.7 Å². The first-order valence-corrected chi connectivity index (χ1v) is 7.94. The Morgan fingerprint density at radius 1 is 1.44 bits per heavy atom. The molecule has 3 rings (SSSR count). The van der Waals surface area contributed by atoms with Crippen molar-refractivity contribution in [1.29, 1.82) is 0 Å². The lowest BCUT2D eigenvalue weighted by Crippen LogP contribution is -2.26. The lowest BCUT2D eigenvalue weighted by molar-refractivity contribution is 0.428. The largest absolute Gasteiger partial charge is 0.309 e. The smallest absolute Gasteiger partial charge is 0.0695 e. The second-order valence-electron chi connectivity index (χ2n) is 5.73. The van der Waals surface area contributed by atoms with Crippen LogP contribution in [0.1, 0.15) is 44.3 Å². The quantitative estimate of drug-likeness (QED) is 0.925. The summed E-state index contributed by atoms with van der Waals surface area (Å²) in [6.07, 6.45) is 7.66. The Hall–Kier alpha value is -0.350. The van der Waals surface area contributed by atoms with Gasteiger partial charge in [-0.15, -0.1) is 0 Å². The highest BCUT2D eigenvalue weighted by Crippen LogP contribution is 2.60. The fourth-order valence-electron chi connectivity index (χ4n) is 3.95. The van der Waals surface area contributed by atoms with Crippen LogP contribution in [0.4, 0.5) is 0 Å². The average molecular weight is 312 g/mol. The van der Waals surface area contributed by atoms with Gasteiger partial charge >= 0.3 is 0 Å². The molecule has 1 N–H and O–H groups in total. The molecule has 18 heavy (non-hydrogen) atoms. The summed E-state index contributed by atoms with van der Waals surface area (Å²) >= 11 is 3.66. The van der Waals surface area contributed by atoms with Gasteiger partial charge < -0.3 is 5.32 Å². The van der Waals surface area contributed by atoms with Crippen LogP contribution in [-0.4, -0.2) is 16.3 Å². The molecule has 2 aliphatic carbocycles. The zero-order chi connectivity index (χ0) is 12.7. The van der Waals surface area contributed by atoms with Crippen molar-refractivity contribution in [3.63, 3.8) is 0 Å². The Bertz CT molecular complexity index is 397. The number of halogens is 1. The van der Waals surface area contributed by atoms with E-state index in [2.05, 4.69) is 40.3 Å². The summed E-state index contributed by atoms with van der Waals surface area (Å²) in [6, 6.07) is 0.477. The normalized spacial score (nSPS) is 32.1. The van der Waals surface area contributed by atoms with Gasteiger partial charge in [0.25, 0.3) is 0 Å². The minimum Gasteiger partial charge on any atom is -0.309 e. The molecule has 0 radical (unpaired) electrons. The molecule has 1 heterocycles. The maximum atomic E-state index is 4.38. The van der Waals surface area contributed by atoms with E-state index < -0.39 is 0 Å². The second kappa shape index (κ2) is 4.97. The molecule has 3 atom stereocenters. The molecule has 0 aromatic carbocycles. The summed E-state index contributed by atoms with van der Waals surface area (Å²) in [6.45, 7) is 3.22. The van der Waals surface area contributed by atoms with Gasteiger partial charge in [0.15, 0.2) is 0 Å². The highest BCUT2D eigenvalue weighted by atomic mass is 79.9. The third-order valence-electron chi connectivity index (χ3n) is 4.76. The van der Waals surface area contributed by atoms with E-state index in [0.29, 0.717) is 6.04 Å².